The van der Waals surface area contributed by atoms with Gasteiger partial charge in [0.05, 0.1) is 35.9 Å². The van der Waals surface area contributed by atoms with Gasteiger partial charge in [-0.3, -0.25) is 0 Å². The van der Waals surface area contributed by atoms with Crippen molar-refractivity contribution in [2.45, 2.75) is 63.1 Å². The van der Waals surface area contributed by atoms with Crippen LogP contribution in [0.5, 0.6) is 0 Å². The maximum absolute atomic E-state index is 11.0. The van der Waals surface area contributed by atoms with Gasteiger partial charge in [0.25, 0.3) is 0 Å². The fourth-order valence-corrected chi connectivity index (χ4v) is 5.45. The number of epoxide rings is 2. The summed E-state index contributed by atoms with van der Waals surface area (Å²) in [5, 5.41) is 31.2. The Bertz CT molecular complexity index is 527. The molecule has 4 rings (SSSR count). The molecular weight excluding hydrogens is 270 g/mol. The number of hydrogen-bond acceptors (Lipinski definition) is 5. The highest BCUT2D eigenvalue weighted by molar-refractivity contribution is 5.33. The van der Waals surface area contributed by atoms with Gasteiger partial charge in [-0.25, -0.2) is 0 Å². The SMILES string of the molecule is C[C@@H]1C[C@@]2(C#N)C[C@H](C)[C@@H]([C@@]3(C)CO3)[C@@H](O)[C@@]23O[C@H]3[C@H]1O. The van der Waals surface area contributed by atoms with Gasteiger partial charge in [0.15, 0.2) is 0 Å². The maximum Gasteiger partial charge on any atom is 0.142 e. The molecule has 2 aliphatic heterocycles. The zero-order valence-electron chi connectivity index (χ0n) is 12.7. The van der Waals surface area contributed by atoms with E-state index in [4.69, 9.17) is 9.47 Å². The summed E-state index contributed by atoms with van der Waals surface area (Å²) in [5.41, 5.74) is -1.88. The van der Waals surface area contributed by atoms with Gasteiger partial charge in [0.1, 0.15) is 11.7 Å². The maximum atomic E-state index is 11.0. The standard InChI is InChI=1S/C16H23NO4/c1-8-4-15(6-17)5-9(2)11(18)13-16(15,21-13)12(19)10(8)14(3)7-20-14/h8-13,18-19H,4-5,7H2,1-3H3/t8-,9+,10+,11-,12+,13-,14+,15+,16-/m0/s1. The van der Waals surface area contributed by atoms with Crippen LogP contribution in [0.4, 0.5) is 0 Å². The largest absolute Gasteiger partial charge is 0.390 e. The first kappa shape index (κ1) is 14.0. The van der Waals surface area contributed by atoms with Crippen LogP contribution >= 0.6 is 0 Å². The van der Waals surface area contributed by atoms with Gasteiger partial charge in [-0.15, -0.1) is 0 Å². The normalized spacial score (nSPS) is 65.0. The summed E-state index contributed by atoms with van der Waals surface area (Å²) >= 11 is 0. The van der Waals surface area contributed by atoms with Crippen LogP contribution in [0.3, 0.4) is 0 Å². The first-order chi connectivity index (χ1) is 9.81. The van der Waals surface area contributed by atoms with Crippen molar-refractivity contribution in [3.05, 3.63) is 0 Å². The number of rotatable bonds is 1. The first-order valence-electron chi connectivity index (χ1n) is 7.90. The van der Waals surface area contributed by atoms with Crippen LogP contribution < -0.4 is 0 Å². The molecule has 2 heterocycles. The van der Waals surface area contributed by atoms with Crippen molar-refractivity contribution in [3.63, 3.8) is 0 Å². The van der Waals surface area contributed by atoms with Crippen molar-refractivity contribution in [1.82, 2.24) is 0 Å². The number of aliphatic hydroxyl groups excluding tert-OH is 2. The van der Waals surface area contributed by atoms with E-state index in [1.54, 1.807) is 0 Å². The van der Waals surface area contributed by atoms with Crippen LogP contribution in [0.1, 0.15) is 33.6 Å². The van der Waals surface area contributed by atoms with E-state index in [1.807, 2.05) is 13.8 Å². The summed E-state index contributed by atoms with van der Waals surface area (Å²) in [4.78, 5) is 0. The van der Waals surface area contributed by atoms with E-state index in [1.165, 1.54) is 0 Å². The van der Waals surface area contributed by atoms with Crippen molar-refractivity contribution in [3.8, 4) is 6.07 Å². The van der Waals surface area contributed by atoms with E-state index in [0.29, 0.717) is 19.4 Å². The van der Waals surface area contributed by atoms with E-state index in [-0.39, 0.29) is 23.4 Å². The van der Waals surface area contributed by atoms with Crippen LogP contribution in [-0.2, 0) is 9.47 Å². The highest BCUT2D eigenvalue weighted by atomic mass is 16.6. The quantitative estimate of drug-likeness (QED) is 0.699. The summed E-state index contributed by atoms with van der Waals surface area (Å²) in [5.74, 6) is 0.184. The lowest BCUT2D eigenvalue weighted by Crippen LogP contribution is -2.64. The average molecular weight is 293 g/mol. The fraction of sp³-hybridized carbons (Fsp3) is 0.938. The van der Waals surface area contributed by atoms with Gasteiger partial charge in [0, 0.05) is 5.92 Å². The van der Waals surface area contributed by atoms with Crippen LogP contribution in [0.25, 0.3) is 0 Å². The van der Waals surface area contributed by atoms with E-state index >= 15 is 0 Å². The third kappa shape index (κ3) is 1.45. The molecule has 0 amide bonds. The Kier molecular flexibility index (Phi) is 2.53. The molecule has 116 valence electrons. The summed E-state index contributed by atoms with van der Waals surface area (Å²) in [6.45, 7) is 6.73. The second-order valence-corrected chi connectivity index (χ2v) is 7.95. The Labute approximate surface area is 124 Å². The molecule has 0 aromatic carbocycles. The van der Waals surface area contributed by atoms with Crippen LogP contribution in [0.15, 0.2) is 0 Å². The highest BCUT2D eigenvalue weighted by Gasteiger charge is 2.82. The molecule has 0 bridgehead atoms. The number of aliphatic hydroxyl groups is 2. The zero-order chi connectivity index (χ0) is 15.2. The molecule has 4 aliphatic rings. The van der Waals surface area contributed by atoms with E-state index in [0.717, 1.165) is 0 Å². The minimum absolute atomic E-state index is 0.0222. The third-order valence-corrected chi connectivity index (χ3v) is 6.58. The molecular formula is C16H23NO4. The molecule has 4 fully saturated rings. The smallest absolute Gasteiger partial charge is 0.142 e. The summed E-state index contributed by atoms with van der Waals surface area (Å²) in [6.07, 6.45) is -0.457. The van der Waals surface area contributed by atoms with Gasteiger partial charge in [-0.1, -0.05) is 13.8 Å². The molecule has 2 N–H and O–H groups in total. The molecule has 5 nitrogen and oxygen atoms in total. The second kappa shape index (κ2) is 3.80. The van der Waals surface area contributed by atoms with Crippen LogP contribution in [0, 0.1) is 34.5 Å². The van der Waals surface area contributed by atoms with E-state index in [9.17, 15) is 15.5 Å². The van der Waals surface area contributed by atoms with Gasteiger partial charge in [-0.05, 0) is 31.6 Å². The molecule has 2 saturated carbocycles. The lowest BCUT2D eigenvalue weighted by Gasteiger charge is -2.52. The summed E-state index contributed by atoms with van der Waals surface area (Å²) in [6, 6.07) is 2.47. The van der Waals surface area contributed by atoms with Crippen molar-refractivity contribution in [2.75, 3.05) is 6.61 Å². The van der Waals surface area contributed by atoms with Gasteiger partial charge < -0.3 is 19.7 Å². The molecule has 0 radical (unpaired) electrons. The predicted octanol–water partition coefficient (Wildman–Crippen LogP) is 0.840. The molecule has 5 heteroatoms. The Morgan fingerprint density at radius 3 is 2.38 bits per heavy atom. The van der Waals surface area contributed by atoms with Crippen molar-refractivity contribution < 1.29 is 19.7 Å². The third-order valence-electron chi connectivity index (χ3n) is 6.58. The van der Waals surface area contributed by atoms with Crippen molar-refractivity contribution >= 4 is 0 Å². The van der Waals surface area contributed by atoms with Gasteiger partial charge in [0.2, 0.25) is 0 Å². The lowest BCUT2D eigenvalue weighted by molar-refractivity contribution is -0.123. The topological polar surface area (TPSA) is 89.3 Å². The first-order valence-corrected chi connectivity index (χ1v) is 7.90. The molecule has 9 atom stereocenters. The Morgan fingerprint density at radius 1 is 1.19 bits per heavy atom. The van der Waals surface area contributed by atoms with E-state index in [2.05, 4.69) is 13.0 Å². The summed E-state index contributed by atoms with van der Waals surface area (Å²) in [7, 11) is 0. The number of nitriles is 1. The lowest BCUT2D eigenvalue weighted by atomic mass is 9.50. The van der Waals surface area contributed by atoms with E-state index < -0.39 is 29.3 Å². The summed E-state index contributed by atoms with van der Waals surface area (Å²) < 4.78 is 11.5. The number of hydrogen-bond donors (Lipinski definition) is 2. The average Bonchev–Trinajstić information content (AvgIpc) is 3.31. The monoisotopic (exact) mass is 293 g/mol. The zero-order valence-corrected chi connectivity index (χ0v) is 12.7. The predicted molar refractivity (Wildman–Crippen MR) is 73.1 cm³/mol. The Morgan fingerprint density at radius 2 is 1.81 bits per heavy atom. The number of nitrogens with zero attached hydrogens (tertiary/aromatic N) is 1. The minimum atomic E-state index is -0.889. The molecule has 1 spiro atoms. The van der Waals surface area contributed by atoms with Crippen molar-refractivity contribution in [2.24, 2.45) is 23.2 Å². The van der Waals surface area contributed by atoms with Crippen LogP contribution in [0.2, 0.25) is 0 Å². The van der Waals surface area contributed by atoms with Gasteiger partial charge >= 0.3 is 0 Å². The molecule has 0 aromatic rings. The molecule has 0 unspecified atom stereocenters. The number of ether oxygens (including phenoxy) is 2. The van der Waals surface area contributed by atoms with Crippen LogP contribution in [-0.4, -0.2) is 46.3 Å². The fourth-order valence-electron chi connectivity index (χ4n) is 5.45. The highest BCUT2D eigenvalue weighted by Crippen LogP contribution is 2.69. The molecule has 0 aromatic heterocycles. The Balaban J connectivity index is 1.77. The Hall–Kier alpha value is -0.670. The molecule has 21 heavy (non-hydrogen) atoms. The minimum Gasteiger partial charge on any atom is -0.390 e. The molecule has 2 aliphatic carbocycles. The van der Waals surface area contributed by atoms with Crippen molar-refractivity contribution in [1.29, 1.82) is 5.26 Å². The van der Waals surface area contributed by atoms with Gasteiger partial charge in [-0.2, -0.15) is 5.26 Å². The molecule has 2 saturated heterocycles. The second-order valence-electron chi connectivity index (χ2n) is 7.95.